The Morgan fingerprint density at radius 1 is 1.44 bits per heavy atom. The van der Waals surface area contributed by atoms with Gasteiger partial charge in [0.05, 0.1) is 19.3 Å². The molecule has 0 spiro atoms. The fourth-order valence-corrected chi connectivity index (χ4v) is 2.51. The molecule has 1 aliphatic rings. The van der Waals surface area contributed by atoms with E-state index in [1.54, 1.807) is 11.3 Å². The molecule has 2 rings (SSSR count). The summed E-state index contributed by atoms with van der Waals surface area (Å²) in [6.07, 6.45) is 0. The lowest BCUT2D eigenvalue weighted by Crippen LogP contribution is -2.49. The van der Waals surface area contributed by atoms with Crippen molar-refractivity contribution < 1.29 is 9.47 Å². The molecule has 1 aromatic heterocycles. The topological polar surface area (TPSA) is 30.5 Å². The monoisotopic (exact) mass is 241 g/mol. The molecule has 90 valence electrons. The predicted molar refractivity (Wildman–Crippen MR) is 65.6 cm³/mol. The molecule has 0 unspecified atom stereocenters. The number of nitrogens with one attached hydrogen (secondary N) is 1. The van der Waals surface area contributed by atoms with Crippen LogP contribution in [-0.4, -0.2) is 25.0 Å². The van der Waals surface area contributed by atoms with Gasteiger partial charge in [0.2, 0.25) is 0 Å². The second-order valence-corrected chi connectivity index (χ2v) is 5.60. The zero-order valence-electron chi connectivity index (χ0n) is 10.0. The third kappa shape index (κ3) is 3.04. The predicted octanol–water partition coefficient (Wildman–Crippen LogP) is 2.55. The highest BCUT2D eigenvalue weighted by atomic mass is 32.1. The van der Waals surface area contributed by atoms with Crippen LogP contribution in [0, 0.1) is 0 Å². The van der Waals surface area contributed by atoms with Gasteiger partial charge in [-0.25, -0.2) is 0 Å². The lowest BCUT2D eigenvalue weighted by atomic mass is 10.2. The van der Waals surface area contributed by atoms with Crippen LogP contribution in [0.1, 0.15) is 31.7 Å². The minimum Gasteiger partial charge on any atom is -0.349 e. The zero-order chi connectivity index (χ0) is 11.6. The Hall–Kier alpha value is -0.420. The van der Waals surface area contributed by atoms with Crippen LogP contribution in [0.3, 0.4) is 0 Å². The molecule has 16 heavy (non-hydrogen) atoms. The average Bonchev–Trinajstić information content (AvgIpc) is 2.74. The van der Waals surface area contributed by atoms with Gasteiger partial charge < -0.3 is 14.8 Å². The van der Waals surface area contributed by atoms with Crippen molar-refractivity contribution in [1.29, 1.82) is 0 Å². The smallest absolute Gasteiger partial charge is 0.162 e. The quantitative estimate of drug-likeness (QED) is 0.882. The van der Waals surface area contributed by atoms with E-state index in [1.165, 1.54) is 4.88 Å². The fraction of sp³-hybridized carbons (Fsp3) is 0.667. The van der Waals surface area contributed by atoms with Crippen molar-refractivity contribution in [3.8, 4) is 0 Å². The molecule has 3 nitrogen and oxygen atoms in total. The van der Waals surface area contributed by atoms with Gasteiger partial charge in [-0.2, -0.15) is 0 Å². The lowest BCUT2D eigenvalue weighted by Gasteiger charge is -2.36. The fourth-order valence-electron chi connectivity index (χ4n) is 1.76. The van der Waals surface area contributed by atoms with Gasteiger partial charge in [0.15, 0.2) is 5.79 Å². The molecule has 0 aliphatic carbocycles. The molecule has 1 fully saturated rings. The molecule has 0 radical (unpaired) electrons. The van der Waals surface area contributed by atoms with E-state index in [4.69, 9.17) is 9.47 Å². The Kier molecular flexibility index (Phi) is 3.64. The van der Waals surface area contributed by atoms with Gasteiger partial charge in [-0.1, -0.05) is 6.07 Å². The van der Waals surface area contributed by atoms with Gasteiger partial charge in [-0.15, -0.1) is 11.3 Å². The first-order chi connectivity index (χ1) is 7.57. The van der Waals surface area contributed by atoms with Gasteiger partial charge in [-0.3, -0.25) is 0 Å². The summed E-state index contributed by atoms with van der Waals surface area (Å²) in [4.78, 5) is 1.35. The van der Waals surface area contributed by atoms with Crippen LogP contribution in [0.25, 0.3) is 0 Å². The molecule has 0 aromatic carbocycles. The highest BCUT2D eigenvalue weighted by molar-refractivity contribution is 7.10. The van der Waals surface area contributed by atoms with Gasteiger partial charge in [0.25, 0.3) is 0 Å². The second-order valence-electron chi connectivity index (χ2n) is 4.62. The third-order valence-corrected chi connectivity index (χ3v) is 3.77. The highest BCUT2D eigenvalue weighted by Gasteiger charge is 2.28. The largest absolute Gasteiger partial charge is 0.349 e. The molecule has 0 amide bonds. The number of thiophene rings is 1. The Morgan fingerprint density at radius 3 is 2.69 bits per heavy atom. The van der Waals surface area contributed by atoms with Gasteiger partial charge >= 0.3 is 0 Å². The van der Waals surface area contributed by atoms with Crippen molar-refractivity contribution in [3.63, 3.8) is 0 Å². The minimum absolute atomic E-state index is 0.283. The first-order valence-corrected chi connectivity index (χ1v) is 6.52. The summed E-state index contributed by atoms with van der Waals surface area (Å²) in [6, 6.07) is 4.87. The molecule has 1 saturated heterocycles. The highest BCUT2D eigenvalue weighted by Crippen LogP contribution is 2.21. The van der Waals surface area contributed by atoms with E-state index >= 15 is 0 Å². The molecule has 2 heterocycles. The van der Waals surface area contributed by atoms with Crippen molar-refractivity contribution in [3.05, 3.63) is 22.4 Å². The Morgan fingerprint density at radius 2 is 2.12 bits per heavy atom. The SMILES string of the molecule is C[C@H](NC1COC(C)(C)OC1)c1cccs1. The molecule has 1 aliphatic heterocycles. The van der Waals surface area contributed by atoms with E-state index in [2.05, 4.69) is 29.8 Å². The second kappa shape index (κ2) is 4.84. The van der Waals surface area contributed by atoms with Crippen LogP contribution in [0.5, 0.6) is 0 Å². The van der Waals surface area contributed by atoms with E-state index in [0.717, 1.165) is 0 Å². The van der Waals surface area contributed by atoms with Crippen LogP contribution in [0.15, 0.2) is 17.5 Å². The van der Waals surface area contributed by atoms with Crippen LogP contribution >= 0.6 is 11.3 Å². The van der Waals surface area contributed by atoms with E-state index < -0.39 is 5.79 Å². The molecular weight excluding hydrogens is 222 g/mol. The van der Waals surface area contributed by atoms with E-state index in [-0.39, 0.29) is 6.04 Å². The molecule has 0 bridgehead atoms. The summed E-state index contributed by atoms with van der Waals surface area (Å²) >= 11 is 1.78. The molecule has 1 atom stereocenters. The average molecular weight is 241 g/mol. The van der Waals surface area contributed by atoms with Crippen LogP contribution < -0.4 is 5.32 Å². The number of ether oxygens (including phenoxy) is 2. The van der Waals surface area contributed by atoms with Crippen LogP contribution in [-0.2, 0) is 9.47 Å². The standard InChI is InChI=1S/C12H19NO2S/c1-9(11-5-4-6-16-11)13-10-7-14-12(2,3)15-8-10/h4-6,9-10,13H,7-8H2,1-3H3/t9-/m0/s1. The summed E-state index contributed by atoms with van der Waals surface area (Å²) in [5, 5.41) is 5.62. The Balaban J connectivity index is 1.83. The zero-order valence-corrected chi connectivity index (χ0v) is 10.8. The molecule has 1 aromatic rings. The van der Waals surface area contributed by atoms with Gasteiger partial charge in [0, 0.05) is 10.9 Å². The van der Waals surface area contributed by atoms with E-state index in [0.29, 0.717) is 19.3 Å². The van der Waals surface area contributed by atoms with Crippen molar-refractivity contribution in [1.82, 2.24) is 5.32 Å². The van der Waals surface area contributed by atoms with Crippen LogP contribution in [0.2, 0.25) is 0 Å². The Bertz CT molecular complexity index is 314. The lowest BCUT2D eigenvalue weighted by molar-refractivity contribution is -0.253. The van der Waals surface area contributed by atoms with Crippen molar-refractivity contribution in [2.45, 2.75) is 38.6 Å². The molecular formula is C12H19NO2S. The molecule has 1 N–H and O–H groups in total. The number of rotatable bonds is 3. The maximum Gasteiger partial charge on any atom is 0.162 e. The maximum atomic E-state index is 5.61. The summed E-state index contributed by atoms with van der Waals surface area (Å²) in [5.41, 5.74) is 0. The summed E-state index contributed by atoms with van der Waals surface area (Å²) in [6.45, 7) is 7.49. The summed E-state index contributed by atoms with van der Waals surface area (Å²) < 4.78 is 11.2. The van der Waals surface area contributed by atoms with Gasteiger partial charge in [-0.05, 0) is 32.2 Å². The molecule has 4 heteroatoms. The summed E-state index contributed by atoms with van der Waals surface area (Å²) in [7, 11) is 0. The number of hydrogen-bond acceptors (Lipinski definition) is 4. The summed E-state index contributed by atoms with van der Waals surface area (Å²) in [5.74, 6) is -0.426. The first-order valence-electron chi connectivity index (χ1n) is 5.64. The third-order valence-electron chi connectivity index (χ3n) is 2.72. The minimum atomic E-state index is -0.426. The van der Waals surface area contributed by atoms with Crippen molar-refractivity contribution in [2.75, 3.05) is 13.2 Å². The first kappa shape index (κ1) is 12.0. The van der Waals surface area contributed by atoms with E-state index in [9.17, 15) is 0 Å². The van der Waals surface area contributed by atoms with Crippen LogP contribution in [0.4, 0.5) is 0 Å². The van der Waals surface area contributed by atoms with E-state index in [1.807, 2.05) is 13.8 Å². The normalized spacial score (nSPS) is 23.2. The Labute approximate surface area is 101 Å². The maximum absolute atomic E-state index is 5.61. The molecule has 0 saturated carbocycles. The van der Waals surface area contributed by atoms with Crippen molar-refractivity contribution in [2.24, 2.45) is 0 Å². The number of hydrogen-bond donors (Lipinski definition) is 1. The van der Waals surface area contributed by atoms with Gasteiger partial charge in [0.1, 0.15) is 0 Å². The van der Waals surface area contributed by atoms with Crippen molar-refractivity contribution >= 4 is 11.3 Å².